The molecule has 2 aromatic rings. The number of ether oxygens (including phenoxy) is 2. The third-order valence-corrected chi connectivity index (χ3v) is 3.86. The van der Waals surface area contributed by atoms with Gasteiger partial charge in [-0.15, -0.1) is 0 Å². The lowest BCUT2D eigenvalue weighted by Crippen LogP contribution is -2.23. The van der Waals surface area contributed by atoms with Gasteiger partial charge in [0.2, 0.25) is 5.43 Å². The maximum absolute atomic E-state index is 12.7. The van der Waals surface area contributed by atoms with Crippen LogP contribution in [0.3, 0.4) is 0 Å². The van der Waals surface area contributed by atoms with Crippen LogP contribution in [-0.2, 0) is 17.7 Å². The summed E-state index contributed by atoms with van der Waals surface area (Å²) in [5.74, 6) is 0.0748. The predicted octanol–water partition coefficient (Wildman–Crippen LogP) is 2.13. The van der Waals surface area contributed by atoms with E-state index in [-0.39, 0.29) is 17.6 Å². The molecule has 21 heavy (non-hydrogen) atoms. The molecule has 5 heteroatoms. The topological polar surface area (TPSA) is 57.5 Å². The average molecular weight is 287 g/mol. The quantitative estimate of drug-likeness (QED) is 0.811. The SMILES string of the molecule is CCOC(=O)c1c2n(c3ccc(OC)cc3c1=O)CCC2. The van der Waals surface area contributed by atoms with Crippen LogP contribution in [0, 0.1) is 0 Å². The van der Waals surface area contributed by atoms with Crippen LogP contribution in [0.4, 0.5) is 0 Å². The monoisotopic (exact) mass is 287 g/mol. The number of nitrogens with zero attached hydrogens (tertiary/aromatic N) is 1. The molecule has 0 spiro atoms. The molecule has 1 aliphatic rings. The minimum absolute atomic E-state index is 0.176. The van der Waals surface area contributed by atoms with E-state index >= 15 is 0 Å². The number of carbonyl (C=O) groups is 1. The molecule has 0 aliphatic carbocycles. The van der Waals surface area contributed by atoms with E-state index in [9.17, 15) is 9.59 Å². The highest BCUT2D eigenvalue weighted by molar-refractivity contribution is 5.95. The van der Waals surface area contributed by atoms with Gasteiger partial charge in [-0.25, -0.2) is 4.79 Å². The maximum Gasteiger partial charge on any atom is 0.343 e. The van der Waals surface area contributed by atoms with Gasteiger partial charge in [0.15, 0.2) is 0 Å². The highest BCUT2D eigenvalue weighted by atomic mass is 16.5. The third-order valence-electron chi connectivity index (χ3n) is 3.86. The van der Waals surface area contributed by atoms with Crippen molar-refractivity contribution in [2.45, 2.75) is 26.3 Å². The highest BCUT2D eigenvalue weighted by Crippen LogP contribution is 2.26. The van der Waals surface area contributed by atoms with Gasteiger partial charge in [-0.1, -0.05) is 0 Å². The Hall–Kier alpha value is -2.30. The lowest BCUT2D eigenvalue weighted by molar-refractivity contribution is 0.0523. The Balaban J connectivity index is 2.35. The van der Waals surface area contributed by atoms with E-state index in [1.165, 1.54) is 0 Å². The minimum atomic E-state index is -0.530. The first kappa shape index (κ1) is 13.7. The molecule has 0 bridgehead atoms. The van der Waals surface area contributed by atoms with Crippen LogP contribution >= 0.6 is 0 Å². The molecule has 1 aromatic heterocycles. The molecule has 0 atom stereocenters. The van der Waals surface area contributed by atoms with Gasteiger partial charge < -0.3 is 14.0 Å². The predicted molar refractivity (Wildman–Crippen MR) is 79.0 cm³/mol. The molecule has 0 fully saturated rings. The summed E-state index contributed by atoms with van der Waals surface area (Å²) in [6.07, 6.45) is 1.66. The van der Waals surface area contributed by atoms with Gasteiger partial charge in [-0.05, 0) is 38.0 Å². The Morgan fingerprint density at radius 3 is 2.90 bits per heavy atom. The van der Waals surface area contributed by atoms with Crippen molar-refractivity contribution in [1.29, 1.82) is 0 Å². The zero-order chi connectivity index (χ0) is 15.0. The molecule has 0 saturated carbocycles. The number of esters is 1. The lowest BCUT2D eigenvalue weighted by Gasteiger charge is -2.14. The van der Waals surface area contributed by atoms with Crippen molar-refractivity contribution in [2.24, 2.45) is 0 Å². The van der Waals surface area contributed by atoms with Crippen LogP contribution in [0.25, 0.3) is 10.9 Å². The summed E-state index contributed by atoms with van der Waals surface area (Å²) in [6.45, 7) is 2.80. The summed E-state index contributed by atoms with van der Waals surface area (Å²) in [5.41, 5.74) is 1.54. The van der Waals surface area contributed by atoms with Gasteiger partial charge in [-0.3, -0.25) is 4.79 Å². The molecule has 0 amide bonds. The van der Waals surface area contributed by atoms with Crippen molar-refractivity contribution >= 4 is 16.9 Å². The maximum atomic E-state index is 12.7. The molecule has 0 radical (unpaired) electrons. The fourth-order valence-electron chi connectivity index (χ4n) is 2.94. The number of aryl methyl sites for hydroxylation is 1. The van der Waals surface area contributed by atoms with E-state index in [0.29, 0.717) is 11.1 Å². The highest BCUT2D eigenvalue weighted by Gasteiger charge is 2.26. The Bertz CT molecular complexity index is 776. The smallest absolute Gasteiger partial charge is 0.343 e. The first-order chi connectivity index (χ1) is 10.2. The second-order valence-corrected chi connectivity index (χ2v) is 5.01. The van der Waals surface area contributed by atoms with Crippen molar-refractivity contribution < 1.29 is 14.3 Å². The minimum Gasteiger partial charge on any atom is -0.497 e. The fourth-order valence-corrected chi connectivity index (χ4v) is 2.94. The van der Waals surface area contributed by atoms with Gasteiger partial charge in [0.25, 0.3) is 0 Å². The van der Waals surface area contributed by atoms with E-state index in [1.54, 1.807) is 20.1 Å². The fraction of sp³-hybridized carbons (Fsp3) is 0.375. The molecular formula is C16H17NO4. The number of fused-ring (bicyclic) bond motifs is 3. The van der Waals surface area contributed by atoms with E-state index in [2.05, 4.69) is 0 Å². The standard InChI is InChI=1S/C16H17NO4/c1-3-21-16(19)14-13-5-4-8-17(13)12-7-6-10(20-2)9-11(12)15(14)18/h6-7,9H,3-5,8H2,1-2H3. The average Bonchev–Trinajstić information content (AvgIpc) is 2.96. The number of hydrogen-bond acceptors (Lipinski definition) is 4. The van der Waals surface area contributed by atoms with E-state index in [0.717, 1.165) is 30.6 Å². The molecule has 110 valence electrons. The van der Waals surface area contributed by atoms with E-state index in [4.69, 9.17) is 9.47 Å². The Morgan fingerprint density at radius 1 is 1.38 bits per heavy atom. The third kappa shape index (κ3) is 2.09. The van der Waals surface area contributed by atoms with Crippen molar-refractivity contribution in [3.8, 4) is 5.75 Å². The largest absolute Gasteiger partial charge is 0.497 e. The Labute approximate surface area is 122 Å². The second-order valence-electron chi connectivity index (χ2n) is 5.01. The van der Waals surface area contributed by atoms with Crippen molar-refractivity contribution in [3.05, 3.63) is 39.7 Å². The summed E-state index contributed by atoms with van der Waals surface area (Å²) in [5, 5.41) is 0.503. The summed E-state index contributed by atoms with van der Waals surface area (Å²) in [7, 11) is 1.55. The van der Waals surface area contributed by atoms with Gasteiger partial charge in [0.05, 0.1) is 24.6 Å². The molecule has 2 heterocycles. The van der Waals surface area contributed by atoms with Crippen LogP contribution in [0.1, 0.15) is 29.4 Å². The molecule has 0 unspecified atom stereocenters. The molecule has 0 saturated heterocycles. The number of benzene rings is 1. The van der Waals surface area contributed by atoms with Crippen LogP contribution in [0.2, 0.25) is 0 Å². The van der Waals surface area contributed by atoms with Crippen molar-refractivity contribution in [2.75, 3.05) is 13.7 Å². The number of pyridine rings is 1. The first-order valence-electron chi connectivity index (χ1n) is 7.08. The number of aromatic nitrogens is 1. The van der Waals surface area contributed by atoms with Crippen LogP contribution in [-0.4, -0.2) is 24.3 Å². The molecular weight excluding hydrogens is 270 g/mol. The summed E-state index contributed by atoms with van der Waals surface area (Å²) in [4.78, 5) is 24.9. The van der Waals surface area contributed by atoms with Gasteiger partial charge >= 0.3 is 5.97 Å². The first-order valence-corrected chi connectivity index (χ1v) is 7.08. The van der Waals surface area contributed by atoms with E-state index in [1.807, 2.05) is 16.7 Å². The lowest BCUT2D eigenvalue weighted by atomic mass is 10.1. The second kappa shape index (κ2) is 5.24. The molecule has 0 N–H and O–H groups in total. The van der Waals surface area contributed by atoms with Gasteiger partial charge in [0, 0.05) is 12.2 Å². The van der Waals surface area contributed by atoms with Crippen molar-refractivity contribution in [3.63, 3.8) is 0 Å². The normalized spacial score (nSPS) is 13.2. The summed E-state index contributed by atoms with van der Waals surface area (Å²) in [6, 6.07) is 5.39. The van der Waals surface area contributed by atoms with Crippen molar-refractivity contribution in [1.82, 2.24) is 4.57 Å². The summed E-state index contributed by atoms with van der Waals surface area (Å²) < 4.78 is 12.3. The Kier molecular flexibility index (Phi) is 3.41. The van der Waals surface area contributed by atoms with Gasteiger partial charge in [-0.2, -0.15) is 0 Å². The zero-order valence-corrected chi connectivity index (χ0v) is 12.1. The number of hydrogen-bond donors (Lipinski definition) is 0. The summed E-state index contributed by atoms with van der Waals surface area (Å²) >= 11 is 0. The van der Waals surface area contributed by atoms with Gasteiger partial charge in [0.1, 0.15) is 11.3 Å². The number of carbonyl (C=O) groups excluding carboxylic acids is 1. The number of methoxy groups -OCH3 is 1. The molecule has 5 nitrogen and oxygen atoms in total. The molecule has 1 aliphatic heterocycles. The van der Waals surface area contributed by atoms with E-state index < -0.39 is 5.97 Å². The molecule has 1 aromatic carbocycles. The van der Waals surface area contributed by atoms with Crippen LogP contribution < -0.4 is 10.2 Å². The Morgan fingerprint density at radius 2 is 2.19 bits per heavy atom. The number of rotatable bonds is 3. The molecule has 3 rings (SSSR count). The van der Waals surface area contributed by atoms with Crippen LogP contribution in [0.5, 0.6) is 5.75 Å². The zero-order valence-electron chi connectivity index (χ0n) is 12.1. The van der Waals surface area contributed by atoms with Crippen LogP contribution in [0.15, 0.2) is 23.0 Å².